The van der Waals surface area contributed by atoms with Crippen LogP contribution in [0.5, 0.6) is 0 Å². The van der Waals surface area contributed by atoms with Gasteiger partial charge in [-0.05, 0) is 48.3 Å². The van der Waals surface area contributed by atoms with Crippen LogP contribution in [0.3, 0.4) is 0 Å². The number of allylic oxidation sites excluding steroid dienone is 2. The van der Waals surface area contributed by atoms with Gasteiger partial charge in [0.1, 0.15) is 0 Å². The molecule has 0 amide bonds. The van der Waals surface area contributed by atoms with Crippen molar-refractivity contribution in [2.24, 2.45) is 0 Å². The summed E-state index contributed by atoms with van der Waals surface area (Å²) in [6.07, 6.45) is 40.6. The smallest absolute Gasteiger partial charge is 0.0998 e. The van der Waals surface area contributed by atoms with Gasteiger partial charge in [-0.1, -0.05) is 216 Å². The molecule has 0 fully saturated rings. The number of unbranched alkanes of at least 4 members (excludes halogenated alkanes) is 22. The van der Waals surface area contributed by atoms with Crippen molar-refractivity contribution in [3.05, 3.63) is 107 Å². The average molecular weight is 803 g/mol. The van der Waals surface area contributed by atoms with Crippen LogP contribution in [0.4, 0.5) is 0 Å². The highest BCUT2D eigenvalue weighted by Crippen LogP contribution is 2.31. The van der Waals surface area contributed by atoms with Crippen LogP contribution in [0.15, 0.2) is 85.2 Å². The molecular formula is C56H74N4. The Morgan fingerprint density at radius 1 is 0.417 bits per heavy atom. The first-order valence-corrected chi connectivity index (χ1v) is 24.2. The zero-order chi connectivity index (χ0) is 42.0. The SMILES string of the molecule is CCCCCCCCCCCCCCn1cc(/C(C#N)=C/c2ccc(/C=C(\C#N)c3cn(CCCCCCCCCCCCCC)c4ccccc34)cc2)c2ccccc21. The molecule has 0 N–H and O–H groups in total. The Balaban J connectivity index is 1.15. The lowest BCUT2D eigenvalue weighted by Crippen LogP contribution is -1.96. The lowest BCUT2D eigenvalue weighted by Gasteiger charge is -2.06. The van der Waals surface area contributed by atoms with Gasteiger partial charge in [-0.2, -0.15) is 10.5 Å². The lowest BCUT2D eigenvalue weighted by atomic mass is 10.0. The summed E-state index contributed by atoms with van der Waals surface area (Å²) in [5.41, 5.74) is 7.64. The summed E-state index contributed by atoms with van der Waals surface area (Å²) in [5.74, 6) is 0. The highest BCUT2D eigenvalue weighted by atomic mass is 15.0. The molecule has 0 spiro atoms. The van der Waals surface area contributed by atoms with Crippen molar-refractivity contribution in [2.45, 2.75) is 181 Å². The van der Waals surface area contributed by atoms with Gasteiger partial charge in [0.05, 0.1) is 23.3 Å². The third kappa shape index (κ3) is 14.7. The predicted molar refractivity (Wildman–Crippen MR) is 259 cm³/mol. The van der Waals surface area contributed by atoms with Crippen molar-refractivity contribution in [1.82, 2.24) is 9.13 Å². The zero-order valence-corrected chi connectivity index (χ0v) is 37.4. The Hall–Kier alpha value is -4.80. The molecule has 2 heterocycles. The van der Waals surface area contributed by atoms with Gasteiger partial charge in [0.15, 0.2) is 0 Å². The predicted octanol–water partition coefficient (Wildman–Crippen LogP) is 17.1. The highest BCUT2D eigenvalue weighted by Gasteiger charge is 2.14. The third-order valence-corrected chi connectivity index (χ3v) is 12.5. The molecule has 0 atom stereocenters. The molecule has 318 valence electrons. The van der Waals surface area contributed by atoms with Crippen molar-refractivity contribution in [2.75, 3.05) is 0 Å². The molecule has 3 aromatic carbocycles. The number of para-hydroxylation sites is 2. The molecule has 60 heavy (non-hydrogen) atoms. The Morgan fingerprint density at radius 2 is 0.717 bits per heavy atom. The molecule has 5 rings (SSSR count). The molecule has 4 nitrogen and oxygen atoms in total. The van der Waals surface area contributed by atoms with Crippen molar-refractivity contribution in [3.63, 3.8) is 0 Å². The van der Waals surface area contributed by atoms with Gasteiger partial charge < -0.3 is 9.13 Å². The maximum atomic E-state index is 10.4. The molecule has 0 radical (unpaired) electrons. The van der Waals surface area contributed by atoms with Crippen LogP contribution in [0.25, 0.3) is 45.1 Å². The van der Waals surface area contributed by atoms with E-state index in [9.17, 15) is 10.5 Å². The summed E-state index contributed by atoms with van der Waals surface area (Å²) >= 11 is 0. The summed E-state index contributed by atoms with van der Waals surface area (Å²) in [5, 5.41) is 23.0. The Morgan fingerprint density at radius 3 is 1.03 bits per heavy atom. The summed E-state index contributed by atoms with van der Waals surface area (Å²) in [7, 11) is 0. The van der Waals surface area contributed by atoms with E-state index >= 15 is 0 Å². The second-order valence-electron chi connectivity index (χ2n) is 17.3. The lowest BCUT2D eigenvalue weighted by molar-refractivity contribution is 0.531. The number of nitrogens with zero attached hydrogens (tertiary/aromatic N) is 4. The molecule has 2 aromatic heterocycles. The zero-order valence-electron chi connectivity index (χ0n) is 37.4. The standard InChI is InChI=1S/C56H74N4/c1-3-5-7-9-11-13-15-17-19-21-23-29-39-59-45-53(51-31-25-27-33-55(51)59)49(43-57)41-47-35-37-48(38-36-47)42-50(44-58)54-46-60(56-34-28-26-32-52(54)56)40-30-24-22-20-18-16-14-12-10-8-6-4-2/h25-28,31-38,41-42,45-46H,3-24,29-30,39-40H2,1-2H3/b49-41+,50-42+. The second kappa shape index (κ2) is 27.1. The number of fused-ring (bicyclic) bond motifs is 2. The molecule has 0 bridgehead atoms. The van der Waals surface area contributed by atoms with Crippen LogP contribution in [-0.4, -0.2) is 9.13 Å². The molecule has 0 aliphatic rings. The van der Waals surface area contributed by atoms with Crippen LogP contribution < -0.4 is 0 Å². The van der Waals surface area contributed by atoms with Gasteiger partial charge in [-0.25, -0.2) is 0 Å². The van der Waals surface area contributed by atoms with E-state index in [0.717, 1.165) is 59.0 Å². The first kappa shape index (κ1) is 46.3. The fourth-order valence-corrected chi connectivity index (χ4v) is 8.90. The minimum Gasteiger partial charge on any atom is -0.347 e. The summed E-state index contributed by atoms with van der Waals surface area (Å²) in [6, 6.07) is 30.2. The Labute approximate surface area is 364 Å². The molecule has 0 aliphatic carbocycles. The van der Waals surface area contributed by atoms with Crippen molar-refractivity contribution in [3.8, 4) is 12.1 Å². The molecule has 0 aliphatic heterocycles. The van der Waals surface area contributed by atoms with E-state index in [4.69, 9.17) is 0 Å². The number of rotatable bonds is 30. The topological polar surface area (TPSA) is 57.4 Å². The molecule has 0 unspecified atom stereocenters. The third-order valence-electron chi connectivity index (χ3n) is 12.5. The second-order valence-corrected chi connectivity index (χ2v) is 17.3. The van der Waals surface area contributed by atoms with Crippen molar-refractivity contribution < 1.29 is 0 Å². The van der Waals surface area contributed by atoms with Gasteiger partial charge >= 0.3 is 0 Å². The van der Waals surface area contributed by atoms with E-state index < -0.39 is 0 Å². The van der Waals surface area contributed by atoms with Crippen molar-refractivity contribution >= 4 is 45.1 Å². The van der Waals surface area contributed by atoms with Crippen LogP contribution in [-0.2, 0) is 13.1 Å². The molecule has 4 heteroatoms. The van der Waals surface area contributed by atoms with Gasteiger partial charge in [0.2, 0.25) is 0 Å². The minimum absolute atomic E-state index is 0.668. The van der Waals surface area contributed by atoms with E-state index in [-0.39, 0.29) is 0 Å². The number of nitriles is 2. The maximum Gasteiger partial charge on any atom is 0.0998 e. The minimum atomic E-state index is 0.668. The maximum absolute atomic E-state index is 10.4. The normalized spacial score (nSPS) is 12.1. The molecule has 5 aromatic rings. The van der Waals surface area contributed by atoms with Gasteiger partial charge in [-0.3, -0.25) is 0 Å². The Kier molecular flexibility index (Phi) is 20.9. The van der Waals surface area contributed by atoms with Gasteiger partial charge in [0.25, 0.3) is 0 Å². The van der Waals surface area contributed by atoms with Crippen LogP contribution in [0, 0.1) is 22.7 Å². The highest BCUT2D eigenvalue weighted by molar-refractivity contribution is 6.03. The average Bonchev–Trinajstić information content (AvgIpc) is 3.84. The number of aryl methyl sites for hydroxylation is 2. The van der Waals surface area contributed by atoms with Crippen LogP contribution in [0.2, 0.25) is 0 Å². The molecule has 0 saturated heterocycles. The summed E-state index contributed by atoms with van der Waals surface area (Å²) < 4.78 is 4.69. The van der Waals surface area contributed by atoms with Gasteiger partial charge in [-0.15, -0.1) is 0 Å². The first-order chi connectivity index (χ1) is 29.7. The van der Waals surface area contributed by atoms with E-state index in [2.05, 4.69) is 120 Å². The molecular weight excluding hydrogens is 729 g/mol. The number of hydrogen-bond donors (Lipinski definition) is 0. The van der Waals surface area contributed by atoms with E-state index in [1.165, 1.54) is 152 Å². The van der Waals surface area contributed by atoms with Crippen LogP contribution >= 0.6 is 0 Å². The molecule has 0 saturated carbocycles. The van der Waals surface area contributed by atoms with Crippen molar-refractivity contribution in [1.29, 1.82) is 10.5 Å². The number of hydrogen-bond acceptors (Lipinski definition) is 2. The van der Waals surface area contributed by atoms with Gasteiger partial charge in [0, 0.05) is 58.4 Å². The fraction of sp³-hybridized carbons (Fsp3) is 0.500. The largest absolute Gasteiger partial charge is 0.347 e. The summed E-state index contributed by atoms with van der Waals surface area (Å²) in [6.45, 7) is 6.51. The summed E-state index contributed by atoms with van der Waals surface area (Å²) in [4.78, 5) is 0. The fourth-order valence-electron chi connectivity index (χ4n) is 8.90. The van der Waals surface area contributed by atoms with E-state index in [1.54, 1.807) is 0 Å². The Bertz CT molecular complexity index is 1970. The number of aromatic nitrogens is 2. The quantitative estimate of drug-likeness (QED) is 0.0343. The number of benzene rings is 3. The monoisotopic (exact) mass is 803 g/mol. The van der Waals surface area contributed by atoms with E-state index in [0.29, 0.717) is 11.1 Å². The van der Waals surface area contributed by atoms with Crippen LogP contribution in [0.1, 0.15) is 190 Å². The van der Waals surface area contributed by atoms with E-state index in [1.807, 2.05) is 12.2 Å². The first-order valence-electron chi connectivity index (χ1n) is 24.2.